The Hall–Kier alpha value is -1.88. The molecule has 0 saturated heterocycles. The lowest BCUT2D eigenvalue weighted by molar-refractivity contribution is -0.115. The first-order valence-electron chi connectivity index (χ1n) is 7.22. The van der Waals surface area contributed by atoms with Crippen molar-refractivity contribution in [2.24, 2.45) is 5.92 Å². The van der Waals surface area contributed by atoms with Gasteiger partial charge < -0.3 is 15.0 Å². The van der Waals surface area contributed by atoms with E-state index in [1.54, 1.807) is 24.1 Å². The van der Waals surface area contributed by atoms with E-state index in [2.05, 4.69) is 19.2 Å². The van der Waals surface area contributed by atoms with Crippen LogP contribution in [0.25, 0.3) is 0 Å². The molecule has 1 aliphatic rings. The number of benzene rings is 1. The monoisotopic (exact) mass is 290 g/mol. The van der Waals surface area contributed by atoms with Crippen LogP contribution in [0.15, 0.2) is 18.2 Å². The van der Waals surface area contributed by atoms with Crippen LogP contribution >= 0.6 is 0 Å². The number of nitrogens with zero attached hydrogens (tertiary/aromatic N) is 1. The second-order valence-electron chi connectivity index (χ2n) is 5.73. The van der Waals surface area contributed by atoms with Crippen molar-refractivity contribution in [3.05, 3.63) is 29.3 Å². The number of nitrogens with one attached hydrogen (secondary N) is 1. The van der Waals surface area contributed by atoms with Gasteiger partial charge in [0.15, 0.2) is 0 Å². The zero-order valence-electron chi connectivity index (χ0n) is 12.8. The first-order chi connectivity index (χ1) is 10.0. The maximum absolute atomic E-state index is 12.6. The third kappa shape index (κ3) is 3.82. The molecule has 114 valence electrons. The maximum atomic E-state index is 12.6. The summed E-state index contributed by atoms with van der Waals surface area (Å²) in [4.78, 5) is 25.8. The summed E-state index contributed by atoms with van der Waals surface area (Å²) in [7, 11) is 1.63. The van der Waals surface area contributed by atoms with Gasteiger partial charge in [-0.2, -0.15) is 0 Å². The molecule has 2 amide bonds. The maximum Gasteiger partial charge on any atom is 0.254 e. The molecule has 0 aromatic heterocycles. The van der Waals surface area contributed by atoms with Crippen molar-refractivity contribution in [3.63, 3.8) is 0 Å². The van der Waals surface area contributed by atoms with Gasteiger partial charge in [0.2, 0.25) is 5.91 Å². The van der Waals surface area contributed by atoms with Gasteiger partial charge in [-0.1, -0.05) is 19.9 Å². The van der Waals surface area contributed by atoms with E-state index >= 15 is 0 Å². The van der Waals surface area contributed by atoms with Crippen molar-refractivity contribution in [2.75, 3.05) is 32.1 Å². The molecule has 0 radical (unpaired) electrons. The Morgan fingerprint density at radius 3 is 2.86 bits per heavy atom. The fourth-order valence-electron chi connectivity index (χ4n) is 2.45. The minimum absolute atomic E-state index is 0.0204. The van der Waals surface area contributed by atoms with Crippen molar-refractivity contribution in [1.29, 1.82) is 0 Å². The van der Waals surface area contributed by atoms with E-state index in [0.717, 1.165) is 11.3 Å². The largest absolute Gasteiger partial charge is 0.383 e. The van der Waals surface area contributed by atoms with E-state index in [4.69, 9.17) is 4.74 Å². The van der Waals surface area contributed by atoms with E-state index in [-0.39, 0.29) is 11.8 Å². The topological polar surface area (TPSA) is 58.6 Å². The Kier molecular flexibility index (Phi) is 4.96. The highest BCUT2D eigenvalue weighted by atomic mass is 16.5. The fourth-order valence-corrected chi connectivity index (χ4v) is 2.45. The quantitative estimate of drug-likeness (QED) is 0.871. The van der Waals surface area contributed by atoms with Gasteiger partial charge in [-0.3, -0.25) is 9.59 Å². The molecular formula is C16H22N2O3. The molecule has 0 bridgehead atoms. The van der Waals surface area contributed by atoms with E-state index in [1.807, 2.05) is 6.07 Å². The smallest absolute Gasteiger partial charge is 0.254 e. The molecule has 21 heavy (non-hydrogen) atoms. The van der Waals surface area contributed by atoms with Crippen LogP contribution in [0, 0.1) is 5.92 Å². The van der Waals surface area contributed by atoms with Crippen LogP contribution in [-0.4, -0.2) is 43.5 Å². The number of rotatable bonds is 6. The molecule has 0 unspecified atom stereocenters. The number of anilines is 1. The molecule has 1 aromatic carbocycles. The van der Waals surface area contributed by atoms with Gasteiger partial charge in [0.05, 0.1) is 13.0 Å². The van der Waals surface area contributed by atoms with Gasteiger partial charge in [0.25, 0.3) is 5.91 Å². The minimum Gasteiger partial charge on any atom is -0.383 e. The Morgan fingerprint density at radius 2 is 2.19 bits per heavy atom. The number of amides is 2. The molecule has 1 aromatic rings. The number of carbonyl (C=O) groups is 2. The third-order valence-electron chi connectivity index (χ3n) is 3.42. The lowest BCUT2D eigenvalue weighted by atomic mass is 10.1. The Bertz CT molecular complexity index is 540. The summed E-state index contributed by atoms with van der Waals surface area (Å²) in [6.45, 7) is 5.93. The summed E-state index contributed by atoms with van der Waals surface area (Å²) >= 11 is 0. The average Bonchev–Trinajstić information content (AvgIpc) is 2.81. The fraction of sp³-hybridized carbons (Fsp3) is 0.500. The SMILES string of the molecule is COCCN(CC(C)C)C(=O)c1ccc2c(c1)NC(=O)C2. The first-order valence-corrected chi connectivity index (χ1v) is 7.22. The van der Waals surface area contributed by atoms with Gasteiger partial charge in [-0.15, -0.1) is 0 Å². The molecule has 1 N–H and O–H groups in total. The summed E-state index contributed by atoms with van der Waals surface area (Å²) in [5.74, 6) is 0.345. The van der Waals surface area contributed by atoms with Gasteiger partial charge >= 0.3 is 0 Å². The Balaban J connectivity index is 2.16. The van der Waals surface area contributed by atoms with Gasteiger partial charge in [0.1, 0.15) is 0 Å². The number of ether oxygens (including phenoxy) is 1. The molecule has 0 atom stereocenters. The number of carbonyl (C=O) groups excluding carboxylic acids is 2. The minimum atomic E-state index is -0.0234. The lowest BCUT2D eigenvalue weighted by Crippen LogP contribution is -2.36. The van der Waals surface area contributed by atoms with Crippen LogP contribution in [0.2, 0.25) is 0 Å². The summed E-state index contributed by atoms with van der Waals surface area (Å²) in [6, 6.07) is 5.41. The van der Waals surface area contributed by atoms with Gasteiger partial charge in [0, 0.05) is 31.5 Å². The predicted octanol–water partition coefficient (Wildman–Crippen LogP) is 1.93. The van der Waals surface area contributed by atoms with Crippen molar-refractivity contribution in [1.82, 2.24) is 4.90 Å². The highest BCUT2D eigenvalue weighted by Gasteiger charge is 2.21. The standard InChI is InChI=1S/C16H22N2O3/c1-11(2)10-18(6-7-21-3)16(20)13-5-4-12-9-15(19)17-14(12)8-13/h4-5,8,11H,6-7,9-10H2,1-3H3,(H,17,19). The molecule has 0 saturated carbocycles. The zero-order valence-corrected chi connectivity index (χ0v) is 12.8. The van der Waals surface area contributed by atoms with Gasteiger partial charge in [-0.05, 0) is 23.6 Å². The normalized spacial score (nSPS) is 13.2. The van der Waals surface area contributed by atoms with E-state index in [0.29, 0.717) is 37.6 Å². The van der Waals surface area contributed by atoms with Gasteiger partial charge in [-0.25, -0.2) is 0 Å². The second kappa shape index (κ2) is 6.72. The molecule has 2 rings (SSSR count). The molecule has 1 heterocycles. The molecular weight excluding hydrogens is 268 g/mol. The molecule has 0 aliphatic carbocycles. The zero-order chi connectivity index (χ0) is 15.4. The lowest BCUT2D eigenvalue weighted by Gasteiger charge is -2.24. The first kappa shape index (κ1) is 15.5. The Morgan fingerprint density at radius 1 is 1.43 bits per heavy atom. The van der Waals surface area contributed by atoms with Crippen LogP contribution in [0.3, 0.4) is 0 Å². The van der Waals surface area contributed by atoms with Crippen molar-refractivity contribution >= 4 is 17.5 Å². The number of methoxy groups -OCH3 is 1. The Labute approximate surface area is 125 Å². The highest BCUT2D eigenvalue weighted by Crippen LogP contribution is 2.24. The highest BCUT2D eigenvalue weighted by molar-refractivity contribution is 6.02. The second-order valence-corrected chi connectivity index (χ2v) is 5.73. The molecule has 0 spiro atoms. The summed E-state index contributed by atoms with van der Waals surface area (Å²) in [5, 5.41) is 2.78. The van der Waals surface area contributed by atoms with E-state index < -0.39 is 0 Å². The average molecular weight is 290 g/mol. The van der Waals surface area contributed by atoms with Crippen LogP contribution in [0.1, 0.15) is 29.8 Å². The molecule has 0 fully saturated rings. The van der Waals surface area contributed by atoms with E-state index in [9.17, 15) is 9.59 Å². The molecule has 5 nitrogen and oxygen atoms in total. The van der Waals surface area contributed by atoms with Crippen LogP contribution in [-0.2, 0) is 16.0 Å². The third-order valence-corrected chi connectivity index (χ3v) is 3.42. The predicted molar refractivity (Wildman–Crippen MR) is 81.4 cm³/mol. The molecule has 1 aliphatic heterocycles. The van der Waals surface area contributed by atoms with Crippen molar-refractivity contribution in [3.8, 4) is 0 Å². The summed E-state index contributed by atoms with van der Waals surface area (Å²) < 4.78 is 5.08. The van der Waals surface area contributed by atoms with Crippen LogP contribution < -0.4 is 5.32 Å². The summed E-state index contributed by atoms with van der Waals surface area (Å²) in [6.07, 6.45) is 0.392. The molecule has 5 heteroatoms. The van der Waals surface area contributed by atoms with Crippen LogP contribution in [0.4, 0.5) is 5.69 Å². The summed E-state index contributed by atoms with van der Waals surface area (Å²) in [5.41, 5.74) is 2.30. The van der Waals surface area contributed by atoms with Crippen LogP contribution in [0.5, 0.6) is 0 Å². The number of hydrogen-bond acceptors (Lipinski definition) is 3. The van der Waals surface area contributed by atoms with Crippen molar-refractivity contribution in [2.45, 2.75) is 20.3 Å². The number of hydrogen-bond donors (Lipinski definition) is 1. The van der Waals surface area contributed by atoms with E-state index in [1.165, 1.54) is 0 Å². The number of fused-ring (bicyclic) bond motifs is 1. The van der Waals surface area contributed by atoms with Crippen molar-refractivity contribution < 1.29 is 14.3 Å².